The van der Waals surface area contributed by atoms with E-state index in [2.05, 4.69) is 15.3 Å². The number of rotatable bonds is 4. The van der Waals surface area contributed by atoms with Gasteiger partial charge in [-0.25, -0.2) is 14.4 Å². The van der Waals surface area contributed by atoms with Gasteiger partial charge in [0.1, 0.15) is 5.82 Å². The summed E-state index contributed by atoms with van der Waals surface area (Å²) in [6.07, 6.45) is 5.06. The summed E-state index contributed by atoms with van der Waals surface area (Å²) in [6, 6.07) is 13.5. The Labute approximate surface area is 173 Å². The van der Waals surface area contributed by atoms with Crippen molar-refractivity contribution in [1.82, 2.24) is 9.97 Å². The highest BCUT2D eigenvalue weighted by Crippen LogP contribution is 2.24. The first kappa shape index (κ1) is 19.3. The highest BCUT2D eigenvalue weighted by molar-refractivity contribution is 6.30. The zero-order valence-corrected chi connectivity index (χ0v) is 16.4. The molecule has 4 rings (SSSR count). The van der Waals surface area contributed by atoms with Gasteiger partial charge in [-0.2, -0.15) is 0 Å². The van der Waals surface area contributed by atoms with Crippen LogP contribution in [0.5, 0.6) is 0 Å². The van der Waals surface area contributed by atoms with Crippen LogP contribution in [0.2, 0.25) is 5.02 Å². The Kier molecular flexibility index (Phi) is 5.71. The first-order chi connectivity index (χ1) is 14.1. The van der Waals surface area contributed by atoms with Crippen LogP contribution in [0.4, 0.5) is 16.0 Å². The molecule has 1 saturated heterocycles. The largest absolute Gasteiger partial charge is 0.340 e. The van der Waals surface area contributed by atoms with Crippen molar-refractivity contribution in [3.8, 4) is 11.1 Å². The number of halogens is 2. The fourth-order valence-electron chi connectivity index (χ4n) is 3.48. The third-order valence-corrected chi connectivity index (χ3v) is 5.20. The normalized spacial score (nSPS) is 16.5. The summed E-state index contributed by atoms with van der Waals surface area (Å²) in [5.41, 5.74) is 2.17. The molecular formula is C22H20ClFN4O. The van der Waals surface area contributed by atoms with E-state index in [4.69, 9.17) is 11.6 Å². The van der Waals surface area contributed by atoms with Gasteiger partial charge in [-0.3, -0.25) is 4.79 Å². The quantitative estimate of drug-likeness (QED) is 0.671. The Morgan fingerprint density at radius 1 is 1.10 bits per heavy atom. The number of amides is 1. The van der Waals surface area contributed by atoms with Crippen LogP contribution in [0.1, 0.15) is 12.8 Å². The molecule has 1 aromatic heterocycles. The average Bonchev–Trinajstić information content (AvgIpc) is 2.74. The molecule has 29 heavy (non-hydrogen) atoms. The third-order valence-electron chi connectivity index (χ3n) is 4.96. The Hall–Kier alpha value is -2.99. The predicted molar refractivity (Wildman–Crippen MR) is 112 cm³/mol. The summed E-state index contributed by atoms with van der Waals surface area (Å²) in [7, 11) is 0. The van der Waals surface area contributed by atoms with E-state index < -0.39 is 0 Å². The molecule has 0 aliphatic carbocycles. The van der Waals surface area contributed by atoms with Crippen LogP contribution in [0, 0.1) is 11.7 Å². The van der Waals surface area contributed by atoms with E-state index in [9.17, 15) is 9.18 Å². The van der Waals surface area contributed by atoms with Crippen LogP contribution >= 0.6 is 11.6 Å². The minimum absolute atomic E-state index is 0.0339. The number of carbonyl (C=O) groups excluding carboxylic acids is 1. The minimum Gasteiger partial charge on any atom is -0.340 e. The predicted octanol–water partition coefficient (Wildman–Crippen LogP) is 4.79. The highest BCUT2D eigenvalue weighted by Gasteiger charge is 2.27. The van der Waals surface area contributed by atoms with Crippen molar-refractivity contribution in [3.05, 3.63) is 71.8 Å². The molecule has 0 saturated carbocycles. The van der Waals surface area contributed by atoms with Gasteiger partial charge in [-0.1, -0.05) is 29.8 Å². The zero-order valence-electron chi connectivity index (χ0n) is 15.7. The van der Waals surface area contributed by atoms with E-state index in [0.29, 0.717) is 23.2 Å². The third kappa shape index (κ3) is 4.71. The standard InChI is InChI=1S/C22H20ClFN4O/c23-18-6-2-8-20(11-18)27-21(29)16-5-3-9-28(14-16)22-25-12-17(13-26-22)15-4-1-7-19(24)10-15/h1-2,4,6-8,10-13,16H,3,5,9,14H2,(H,27,29)/t16-/m0/s1. The van der Waals surface area contributed by atoms with E-state index in [-0.39, 0.29) is 17.6 Å². The van der Waals surface area contributed by atoms with E-state index in [1.54, 1.807) is 36.7 Å². The van der Waals surface area contributed by atoms with Gasteiger partial charge in [0.15, 0.2) is 0 Å². The lowest BCUT2D eigenvalue weighted by Crippen LogP contribution is -2.41. The molecule has 1 fully saturated rings. The van der Waals surface area contributed by atoms with Crippen molar-refractivity contribution in [3.63, 3.8) is 0 Å². The monoisotopic (exact) mass is 410 g/mol. The van der Waals surface area contributed by atoms with Gasteiger partial charge in [0.2, 0.25) is 11.9 Å². The summed E-state index contributed by atoms with van der Waals surface area (Å²) in [5.74, 6) is 0.0872. The van der Waals surface area contributed by atoms with Crippen molar-refractivity contribution in [2.45, 2.75) is 12.8 Å². The molecular weight excluding hydrogens is 391 g/mol. The molecule has 1 N–H and O–H groups in total. The summed E-state index contributed by atoms with van der Waals surface area (Å²) >= 11 is 5.99. The Morgan fingerprint density at radius 3 is 2.66 bits per heavy atom. The summed E-state index contributed by atoms with van der Waals surface area (Å²) in [5, 5.41) is 3.52. The number of nitrogens with zero attached hydrogens (tertiary/aromatic N) is 3. The second-order valence-corrected chi connectivity index (χ2v) is 7.50. The number of hydrogen-bond donors (Lipinski definition) is 1. The first-order valence-corrected chi connectivity index (χ1v) is 9.85. The lowest BCUT2D eigenvalue weighted by atomic mass is 9.97. The fourth-order valence-corrected chi connectivity index (χ4v) is 3.68. The summed E-state index contributed by atoms with van der Waals surface area (Å²) in [6.45, 7) is 1.34. The minimum atomic E-state index is -0.295. The molecule has 1 aliphatic heterocycles. The van der Waals surface area contributed by atoms with Gasteiger partial charge in [0.25, 0.3) is 0 Å². The van der Waals surface area contributed by atoms with Crippen molar-refractivity contribution < 1.29 is 9.18 Å². The maximum atomic E-state index is 13.4. The number of aromatic nitrogens is 2. The number of benzene rings is 2. The molecule has 0 spiro atoms. The number of nitrogens with one attached hydrogen (secondary N) is 1. The van der Waals surface area contributed by atoms with Gasteiger partial charge in [0, 0.05) is 41.8 Å². The summed E-state index contributed by atoms with van der Waals surface area (Å²) < 4.78 is 13.4. The van der Waals surface area contributed by atoms with Crippen molar-refractivity contribution in [2.24, 2.45) is 5.92 Å². The smallest absolute Gasteiger partial charge is 0.229 e. The molecule has 1 amide bonds. The molecule has 0 unspecified atom stereocenters. The second kappa shape index (κ2) is 8.57. The molecule has 1 atom stereocenters. The first-order valence-electron chi connectivity index (χ1n) is 9.48. The lowest BCUT2D eigenvalue weighted by Gasteiger charge is -2.32. The number of hydrogen-bond acceptors (Lipinski definition) is 4. The van der Waals surface area contributed by atoms with Crippen LogP contribution in [-0.2, 0) is 4.79 Å². The van der Waals surface area contributed by atoms with Crippen LogP contribution in [-0.4, -0.2) is 29.0 Å². The van der Waals surface area contributed by atoms with Gasteiger partial charge in [0.05, 0.1) is 5.92 Å². The van der Waals surface area contributed by atoms with Gasteiger partial charge >= 0.3 is 0 Å². The van der Waals surface area contributed by atoms with Gasteiger partial charge in [-0.05, 0) is 48.7 Å². The molecule has 7 heteroatoms. The van der Waals surface area contributed by atoms with Crippen molar-refractivity contribution in [1.29, 1.82) is 0 Å². The Balaban J connectivity index is 1.43. The molecule has 2 heterocycles. The maximum absolute atomic E-state index is 13.4. The SMILES string of the molecule is O=C(Nc1cccc(Cl)c1)[C@H]1CCCN(c2ncc(-c3cccc(F)c3)cn2)C1. The molecule has 148 valence electrons. The number of anilines is 2. The van der Waals surface area contributed by atoms with Gasteiger partial charge in [-0.15, -0.1) is 0 Å². The zero-order chi connectivity index (χ0) is 20.2. The molecule has 2 aromatic carbocycles. The van der Waals surface area contributed by atoms with Crippen LogP contribution in [0.3, 0.4) is 0 Å². The fraction of sp³-hybridized carbons (Fsp3) is 0.227. The van der Waals surface area contributed by atoms with Crippen molar-refractivity contribution in [2.75, 3.05) is 23.3 Å². The number of carbonyl (C=O) groups is 1. The lowest BCUT2D eigenvalue weighted by molar-refractivity contribution is -0.120. The summed E-state index contributed by atoms with van der Waals surface area (Å²) in [4.78, 5) is 23.6. The molecule has 1 aliphatic rings. The topological polar surface area (TPSA) is 58.1 Å². The van der Waals surface area contributed by atoms with Crippen LogP contribution in [0.25, 0.3) is 11.1 Å². The van der Waals surface area contributed by atoms with E-state index in [0.717, 1.165) is 30.5 Å². The van der Waals surface area contributed by atoms with Crippen molar-refractivity contribution >= 4 is 29.1 Å². The second-order valence-electron chi connectivity index (χ2n) is 7.07. The van der Waals surface area contributed by atoms with Gasteiger partial charge < -0.3 is 10.2 Å². The van der Waals surface area contributed by atoms with E-state index in [1.807, 2.05) is 17.0 Å². The Bertz CT molecular complexity index is 1010. The molecule has 0 bridgehead atoms. The molecule has 0 radical (unpaired) electrons. The van der Waals surface area contributed by atoms with Crippen LogP contribution in [0.15, 0.2) is 60.9 Å². The Morgan fingerprint density at radius 2 is 1.90 bits per heavy atom. The maximum Gasteiger partial charge on any atom is 0.229 e. The average molecular weight is 411 g/mol. The van der Waals surface area contributed by atoms with E-state index >= 15 is 0 Å². The van der Waals surface area contributed by atoms with Crippen LogP contribution < -0.4 is 10.2 Å². The van der Waals surface area contributed by atoms with E-state index in [1.165, 1.54) is 12.1 Å². The molecule has 5 nitrogen and oxygen atoms in total. The highest BCUT2D eigenvalue weighted by atomic mass is 35.5. The number of piperidine rings is 1. The molecule has 3 aromatic rings.